The molecular weight excluding hydrogens is 244 g/mol. The zero-order chi connectivity index (χ0) is 14.8. The Morgan fingerprint density at radius 3 is 2.35 bits per heavy atom. The van der Waals surface area contributed by atoms with Crippen LogP contribution in [0.4, 0.5) is 0 Å². The monoisotopic (exact) mass is 279 g/mol. The van der Waals surface area contributed by atoms with E-state index in [2.05, 4.69) is 49.6 Å². The molecule has 0 aliphatic heterocycles. The highest BCUT2D eigenvalue weighted by Gasteiger charge is 2.21. The zero-order valence-electron chi connectivity index (χ0n) is 14.1. The molecule has 2 nitrogen and oxygen atoms in total. The molecule has 1 N–H and O–H groups in total. The van der Waals surface area contributed by atoms with Crippen molar-refractivity contribution in [2.24, 2.45) is 0 Å². The van der Waals surface area contributed by atoms with Crippen LogP contribution in [0.3, 0.4) is 0 Å². The Balaban J connectivity index is 2.43. The first-order valence-electron chi connectivity index (χ1n) is 8.79. The van der Waals surface area contributed by atoms with Gasteiger partial charge in [0.25, 0.3) is 5.82 Å². The van der Waals surface area contributed by atoms with Crippen LogP contribution < -0.4 is 4.57 Å². The molecule has 2 atom stereocenters. The summed E-state index contributed by atoms with van der Waals surface area (Å²) in [5.41, 5.74) is 0. The summed E-state index contributed by atoms with van der Waals surface area (Å²) in [7, 11) is 0. The van der Waals surface area contributed by atoms with Crippen molar-refractivity contribution >= 4 is 0 Å². The fourth-order valence-electron chi connectivity index (χ4n) is 2.97. The van der Waals surface area contributed by atoms with Gasteiger partial charge in [-0.2, -0.15) is 0 Å². The smallest absolute Gasteiger partial charge is 0.247 e. The Labute approximate surface area is 126 Å². The van der Waals surface area contributed by atoms with E-state index in [0.29, 0.717) is 12.0 Å². The molecule has 0 amide bonds. The molecule has 0 bridgehead atoms. The molecule has 0 saturated heterocycles. The minimum Gasteiger partial charge on any atom is -0.247 e. The van der Waals surface area contributed by atoms with E-state index in [9.17, 15) is 0 Å². The summed E-state index contributed by atoms with van der Waals surface area (Å²) in [6.07, 6.45) is 16.4. The molecule has 0 aromatic carbocycles. The van der Waals surface area contributed by atoms with E-state index in [1.165, 1.54) is 63.6 Å². The van der Waals surface area contributed by atoms with Gasteiger partial charge in [-0.1, -0.05) is 59.3 Å². The molecule has 2 heteroatoms. The van der Waals surface area contributed by atoms with Gasteiger partial charge < -0.3 is 0 Å². The summed E-state index contributed by atoms with van der Waals surface area (Å²) < 4.78 is 2.46. The van der Waals surface area contributed by atoms with Gasteiger partial charge in [0, 0.05) is 0 Å². The van der Waals surface area contributed by atoms with Gasteiger partial charge in [0.05, 0.1) is 12.0 Å². The van der Waals surface area contributed by atoms with Crippen LogP contribution in [0.2, 0.25) is 0 Å². The molecule has 0 radical (unpaired) electrons. The van der Waals surface area contributed by atoms with Gasteiger partial charge in [-0.05, 0) is 26.2 Å². The highest BCUT2D eigenvalue weighted by Crippen LogP contribution is 2.20. The van der Waals surface area contributed by atoms with Crippen molar-refractivity contribution in [1.82, 2.24) is 4.98 Å². The van der Waals surface area contributed by atoms with E-state index in [0.717, 1.165) is 0 Å². The van der Waals surface area contributed by atoms with E-state index >= 15 is 0 Å². The topological polar surface area (TPSA) is 19.7 Å². The summed E-state index contributed by atoms with van der Waals surface area (Å²) >= 11 is 0. The second-order valence-electron chi connectivity index (χ2n) is 6.35. The molecule has 1 aromatic heterocycles. The molecular formula is C18H35N2+. The maximum atomic E-state index is 3.48. The van der Waals surface area contributed by atoms with E-state index in [1.54, 1.807) is 0 Å². The number of unbranched alkanes of at least 4 members (excludes halogenated alkanes) is 5. The SMILES string of the molecule is CCCCCCCC(C)c1[nH]cc[n+]1C(C)CCCC. The van der Waals surface area contributed by atoms with E-state index in [-0.39, 0.29) is 0 Å². The summed E-state index contributed by atoms with van der Waals surface area (Å²) in [5.74, 6) is 2.07. The third-order valence-electron chi connectivity index (χ3n) is 4.40. The minimum absolute atomic E-state index is 0.624. The van der Waals surface area contributed by atoms with E-state index in [4.69, 9.17) is 0 Å². The van der Waals surface area contributed by atoms with E-state index in [1.807, 2.05) is 0 Å². The first-order chi connectivity index (χ1) is 9.70. The summed E-state index contributed by atoms with van der Waals surface area (Å²) in [5, 5.41) is 0. The number of hydrogen-bond acceptors (Lipinski definition) is 0. The maximum Gasteiger partial charge on any atom is 0.257 e. The number of aromatic nitrogens is 2. The maximum absolute atomic E-state index is 3.48. The Morgan fingerprint density at radius 1 is 0.950 bits per heavy atom. The molecule has 1 rings (SSSR count). The Hall–Kier alpha value is -0.790. The Kier molecular flexibility index (Phi) is 8.64. The van der Waals surface area contributed by atoms with Crippen molar-refractivity contribution in [3.8, 4) is 0 Å². The Morgan fingerprint density at radius 2 is 1.65 bits per heavy atom. The molecule has 1 heterocycles. The van der Waals surface area contributed by atoms with Crippen molar-refractivity contribution in [3.63, 3.8) is 0 Å². The lowest BCUT2D eigenvalue weighted by Crippen LogP contribution is -2.40. The van der Waals surface area contributed by atoms with Crippen molar-refractivity contribution in [2.75, 3.05) is 0 Å². The molecule has 2 unspecified atom stereocenters. The normalized spacial score (nSPS) is 14.4. The zero-order valence-corrected chi connectivity index (χ0v) is 14.1. The van der Waals surface area contributed by atoms with Gasteiger partial charge in [-0.3, -0.25) is 0 Å². The quantitative estimate of drug-likeness (QED) is 0.406. The van der Waals surface area contributed by atoms with Gasteiger partial charge >= 0.3 is 0 Å². The van der Waals surface area contributed by atoms with Gasteiger partial charge in [0.2, 0.25) is 0 Å². The van der Waals surface area contributed by atoms with Crippen LogP contribution in [0.25, 0.3) is 0 Å². The lowest BCUT2D eigenvalue weighted by molar-refractivity contribution is -0.727. The molecule has 0 aliphatic carbocycles. The number of nitrogens with zero attached hydrogens (tertiary/aromatic N) is 1. The molecule has 0 saturated carbocycles. The Bertz CT molecular complexity index is 343. The third kappa shape index (κ3) is 5.68. The first kappa shape index (κ1) is 17.3. The predicted molar refractivity (Wildman–Crippen MR) is 87.0 cm³/mol. The lowest BCUT2D eigenvalue weighted by atomic mass is 10.0. The van der Waals surface area contributed by atoms with Crippen LogP contribution in [0.1, 0.15) is 103 Å². The third-order valence-corrected chi connectivity index (χ3v) is 4.40. The van der Waals surface area contributed by atoms with E-state index < -0.39 is 0 Å². The van der Waals surface area contributed by atoms with Crippen LogP contribution in [-0.2, 0) is 0 Å². The van der Waals surface area contributed by atoms with Crippen molar-refractivity contribution in [2.45, 2.75) is 97.4 Å². The molecule has 20 heavy (non-hydrogen) atoms. The van der Waals surface area contributed by atoms with Gasteiger partial charge in [-0.25, -0.2) is 9.55 Å². The van der Waals surface area contributed by atoms with Gasteiger partial charge in [0.15, 0.2) is 0 Å². The second kappa shape index (κ2) is 10.0. The molecule has 0 spiro atoms. The highest BCUT2D eigenvalue weighted by molar-refractivity contribution is 4.87. The highest BCUT2D eigenvalue weighted by atomic mass is 15.1. The average Bonchev–Trinajstić information content (AvgIpc) is 2.93. The second-order valence-corrected chi connectivity index (χ2v) is 6.35. The molecule has 0 aliphatic rings. The van der Waals surface area contributed by atoms with Gasteiger partial charge in [0.1, 0.15) is 12.4 Å². The first-order valence-corrected chi connectivity index (χ1v) is 8.79. The van der Waals surface area contributed by atoms with Crippen LogP contribution in [0.15, 0.2) is 12.4 Å². The number of H-pyrrole nitrogens is 1. The fraction of sp³-hybridized carbons (Fsp3) is 0.833. The van der Waals surface area contributed by atoms with Crippen LogP contribution in [0, 0.1) is 0 Å². The number of hydrogen-bond donors (Lipinski definition) is 1. The number of aromatic amines is 1. The summed E-state index contributed by atoms with van der Waals surface area (Å²) in [4.78, 5) is 3.48. The van der Waals surface area contributed by atoms with Crippen LogP contribution in [0.5, 0.6) is 0 Å². The average molecular weight is 279 g/mol. The van der Waals surface area contributed by atoms with Crippen LogP contribution in [-0.4, -0.2) is 4.98 Å². The number of nitrogens with one attached hydrogen (secondary N) is 1. The standard InChI is InChI=1S/C18H34N2/c1-5-7-9-10-11-12-16(3)18-19-14-15-20(18)17(4)13-8-6-2/h14-17H,5-13H2,1-4H3/p+1. The minimum atomic E-state index is 0.624. The molecule has 116 valence electrons. The lowest BCUT2D eigenvalue weighted by Gasteiger charge is -2.13. The summed E-state index contributed by atoms with van der Waals surface area (Å²) in [6, 6.07) is 0.624. The van der Waals surface area contributed by atoms with Crippen molar-refractivity contribution in [1.29, 1.82) is 0 Å². The predicted octanol–water partition coefficient (Wildman–Crippen LogP) is 5.52. The fourth-order valence-corrected chi connectivity index (χ4v) is 2.97. The molecule has 0 fully saturated rings. The summed E-state index contributed by atoms with van der Waals surface area (Å²) in [6.45, 7) is 9.27. The number of rotatable bonds is 11. The van der Waals surface area contributed by atoms with Gasteiger partial charge in [-0.15, -0.1) is 0 Å². The van der Waals surface area contributed by atoms with Crippen molar-refractivity contribution in [3.05, 3.63) is 18.2 Å². The van der Waals surface area contributed by atoms with Crippen molar-refractivity contribution < 1.29 is 4.57 Å². The molecule has 1 aromatic rings. The number of imidazole rings is 1. The van der Waals surface area contributed by atoms with Crippen LogP contribution >= 0.6 is 0 Å². The largest absolute Gasteiger partial charge is 0.257 e.